The topological polar surface area (TPSA) is 47.6 Å². The van der Waals surface area contributed by atoms with Gasteiger partial charge in [0.1, 0.15) is 0 Å². The van der Waals surface area contributed by atoms with Crippen LogP contribution in [0.3, 0.4) is 0 Å². The molecule has 2 heterocycles. The number of carbonyl (C=O) groups excluding carboxylic acids is 1. The Morgan fingerprint density at radius 3 is 3.00 bits per heavy atom. The van der Waals surface area contributed by atoms with Crippen LogP contribution in [0.5, 0.6) is 0 Å². The number of hydrogen-bond donors (Lipinski definition) is 1. The molecule has 2 aliphatic heterocycles. The van der Waals surface area contributed by atoms with Crippen LogP contribution in [0.1, 0.15) is 26.2 Å². The van der Waals surface area contributed by atoms with E-state index in [4.69, 9.17) is 9.47 Å². The van der Waals surface area contributed by atoms with Crippen LogP contribution in [-0.4, -0.2) is 37.4 Å². The number of hydrogen-bond acceptors (Lipinski definition) is 4. The van der Waals surface area contributed by atoms with Crippen molar-refractivity contribution in [2.45, 2.75) is 37.9 Å². The summed E-state index contributed by atoms with van der Waals surface area (Å²) < 4.78 is 10.7. The minimum atomic E-state index is -0.328. The van der Waals surface area contributed by atoms with Crippen molar-refractivity contribution in [2.24, 2.45) is 0 Å². The maximum Gasteiger partial charge on any atom is 0.335 e. The molecule has 2 aliphatic rings. The van der Waals surface area contributed by atoms with Gasteiger partial charge in [0.15, 0.2) is 6.10 Å². The van der Waals surface area contributed by atoms with Gasteiger partial charge in [-0.1, -0.05) is 0 Å². The van der Waals surface area contributed by atoms with Crippen molar-refractivity contribution in [1.29, 1.82) is 0 Å². The monoisotopic (exact) mass is 199 g/mol. The van der Waals surface area contributed by atoms with E-state index in [1.54, 1.807) is 0 Å². The zero-order valence-corrected chi connectivity index (χ0v) is 8.54. The third kappa shape index (κ3) is 1.77. The largest absolute Gasteiger partial charge is 0.464 e. The van der Waals surface area contributed by atoms with E-state index in [9.17, 15) is 4.79 Å². The minimum Gasteiger partial charge on any atom is -0.464 e. The molecule has 2 saturated heterocycles. The summed E-state index contributed by atoms with van der Waals surface area (Å²) in [5.41, 5.74) is -0.0598. The van der Waals surface area contributed by atoms with Crippen molar-refractivity contribution in [2.75, 3.05) is 19.7 Å². The molecule has 0 aliphatic carbocycles. The van der Waals surface area contributed by atoms with Gasteiger partial charge in [0.05, 0.1) is 12.2 Å². The third-order valence-corrected chi connectivity index (χ3v) is 2.93. The summed E-state index contributed by atoms with van der Waals surface area (Å²) in [6.45, 7) is 4.01. The highest BCUT2D eigenvalue weighted by Crippen LogP contribution is 2.32. The summed E-state index contributed by atoms with van der Waals surface area (Å²) in [6, 6.07) is 0. The number of ether oxygens (including phenoxy) is 2. The van der Waals surface area contributed by atoms with Crippen LogP contribution >= 0.6 is 0 Å². The van der Waals surface area contributed by atoms with E-state index >= 15 is 0 Å². The highest BCUT2D eigenvalue weighted by atomic mass is 16.6. The minimum absolute atomic E-state index is 0.0598. The average Bonchev–Trinajstić information content (AvgIpc) is 2.16. The maximum absolute atomic E-state index is 11.5. The molecule has 2 rings (SSSR count). The molecule has 4 nitrogen and oxygen atoms in total. The van der Waals surface area contributed by atoms with E-state index in [2.05, 4.69) is 5.32 Å². The number of esters is 1. The summed E-state index contributed by atoms with van der Waals surface area (Å²) in [4.78, 5) is 11.5. The van der Waals surface area contributed by atoms with Crippen LogP contribution in [0.15, 0.2) is 0 Å². The summed E-state index contributed by atoms with van der Waals surface area (Å²) >= 11 is 0. The molecule has 2 fully saturated rings. The van der Waals surface area contributed by atoms with Gasteiger partial charge < -0.3 is 14.8 Å². The Hall–Kier alpha value is -0.610. The normalized spacial score (nSPS) is 29.6. The fraction of sp³-hybridized carbons (Fsp3) is 0.900. The Morgan fingerprint density at radius 2 is 2.43 bits per heavy atom. The first-order chi connectivity index (χ1) is 6.76. The maximum atomic E-state index is 11.5. The van der Waals surface area contributed by atoms with Crippen molar-refractivity contribution in [3.05, 3.63) is 0 Å². The highest BCUT2D eigenvalue weighted by molar-refractivity contribution is 5.74. The molecule has 4 heteroatoms. The van der Waals surface area contributed by atoms with Crippen LogP contribution < -0.4 is 5.32 Å². The van der Waals surface area contributed by atoms with Crippen LogP contribution in [-0.2, 0) is 14.3 Å². The van der Waals surface area contributed by atoms with Crippen LogP contribution in [0.4, 0.5) is 0 Å². The first kappa shape index (κ1) is 9.93. The summed E-state index contributed by atoms with van der Waals surface area (Å²) in [7, 11) is 0. The van der Waals surface area contributed by atoms with Crippen molar-refractivity contribution in [3.63, 3.8) is 0 Å². The second-order valence-corrected chi connectivity index (χ2v) is 4.04. The van der Waals surface area contributed by atoms with Crippen LogP contribution in [0, 0.1) is 0 Å². The first-order valence-electron chi connectivity index (χ1n) is 5.31. The molecule has 1 atom stereocenters. The molecule has 1 spiro atoms. The second-order valence-electron chi connectivity index (χ2n) is 4.04. The number of rotatable bonds is 2. The molecular formula is C10H17NO3. The predicted molar refractivity (Wildman–Crippen MR) is 51.0 cm³/mol. The Morgan fingerprint density at radius 1 is 1.64 bits per heavy atom. The Balaban J connectivity index is 1.90. The Labute approximate surface area is 84.0 Å². The molecule has 80 valence electrons. The molecule has 0 aromatic heterocycles. The van der Waals surface area contributed by atoms with Gasteiger partial charge >= 0.3 is 5.97 Å². The molecule has 0 aromatic carbocycles. The predicted octanol–water partition coefficient (Wildman–Crippen LogP) is 0.461. The van der Waals surface area contributed by atoms with Crippen molar-refractivity contribution in [1.82, 2.24) is 5.32 Å². The summed E-state index contributed by atoms with van der Waals surface area (Å²) in [6.07, 6.45) is 2.60. The van der Waals surface area contributed by atoms with E-state index in [0.29, 0.717) is 6.61 Å². The molecule has 0 aromatic rings. The SMILES string of the molecule is CCOC(=O)C1CCCC2(CNC2)O1. The van der Waals surface area contributed by atoms with E-state index in [-0.39, 0.29) is 17.7 Å². The first-order valence-corrected chi connectivity index (χ1v) is 5.31. The van der Waals surface area contributed by atoms with Crippen LogP contribution in [0.2, 0.25) is 0 Å². The van der Waals surface area contributed by atoms with Gasteiger partial charge in [0, 0.05) is 13.1 Å². The smallest absolute Gasteiger partial charge is 0.335 e. The highest BCUT2D eigenvalue weighted by Gasteiger charge is 2.44. The summed E-state index contributed by atoms with van der Waals surface area (Å²) in [5.74, 6) is -0.196. The van der Waals surface area contributed by atoms with E-state index in [1.165, 1.54) is 0 Å². The third-order valence-electron chi connectivity index (χ3n) is 2.93. The van der Waals surface area contributed by atoms with Gasteiger partial charge in [0.25, 0.3) is 0 Å². The number of carbonyl (C=O) groups is 1. The van der Waals surface area contributed by atoms with E-state index in [1.807, 2.05) is 6.92 Å². The van der Waals surface area contributed by atoms with Gasteiger partial charge in [-0.2, -0.15) is 0 Å². The number of nitrogens with one attached hydrogen (secondary N) is 1. The zero-order chi connectivity index (χ0) is 10.0. The zero-order valence-electron chi connectivity index (χ0n) is 8.54. The lowest BCUT2D eigenvalue weighted by Crippen LogP contribution is -2.64. The fourth-order valence-corrected chi connectivity index (χ4v) is 2.09. The van der Waals surface area contributed by atoms with Crippen LogP contribution in [0.25, 0.3) is 0 Å². The lowest BCUT2D eigenvalue weighted by Gasteiger charge is -2.47. The van der Waals surface area contributed by atoms with Gasteiger partial charge in [-0.25, -0.2) is 4.79 Å². The molecule has 1 unspecified atom stereocenters. The van der Waals surface area contributed by atoms with Gasteiger partial charge in [-0.15, -0.1) is 0 Å². The Kier molecular flexibility index (Phi) is 2.74. The molecule has 1 N–H and O–H groups in total. The standard InChI is InChI=1S/C10H17NO3/c1-2-13-9(12)8-4-3-5-10(14-8)6-11-7-10/h8,11H,2-7H2,1H3. The van der Waals surface area contributed by atoms with Crippen molar-refractivity contribution in [3.8, 4) is 0 Å². The second kappa shape index (κ2) is 3.87. The molecule has 0 bridgehead atoms. The lowest BCUT2D eigenvalue weighted by atomic mass is 9.86. The van der Waals surface area contributed by atoms with Crippen molar-refractivity contribution >= 4 is 5.97 Å². The Bertz CT molecular complexity index is 225. The lowest BCUT2D eigenvalue weighted by molar-refractivity contribution is -0.189. The molecular weight excluding hydrogens is 182 g/mol. The average molecular weight is 199 g/mol. The van der Waals surface area contributed by atoms with Gasteiger partial charge in [-0.05, 0) is 26.2 Å². The van der Waals surface area contributed by atoms with Gasteiger partial charge in [0.2, 0.25) is 0 Å². The molecule has 0 radical (unpaired) electrons. The summed E-state index contributed by atoms with van der Waals surface area (Å²) in [5, 5.41) is 3.19. The quantitative estimate of drug-likeness (QED) is 0.656. The molecule has 14 heavy (non-hydrogen) atoms. The van der Waals surface area contributed by atoms with Gasteiger partial charge in [-0.3, -0.25) is 0 Å². The fourth-order valence-electron chi connectivity index (χ4n) is 2.09. The molecule has 0 saturated carbocycles. The van der Waals surface area contributed by atoms with Crippen molar-refractivity contribution < 1.29 is 14.3 Å². The van der Waals surface area contributed by atoms with E-state index < -0.39 is 0 Å². The van der Waals surface area contributed by atoms with E-state index in [0.717, 1.165) is 32.4 Å². The molecule has 0 amide bonds.